The van der Waals surface area contributed by atoms with E-state index in [4.69, 9.17) is 16.2 Å². The third-order valence-electron chi connectivity index (χ3n) is 1.88. The molecule has 1 aromatic rings. The van der Waals surface area contributed by atoms with E-state index < -0.39 is 10.9 Å². The molecule has 1 rings (SSSR count). The topological polar surface area (TPSA) is 70.1 Å². The van der Waals surface area contributed by atoms with Gasteiger partial charge in [-0.2, -0.15) is 0 Å². The second-order valence-corrected chi connectivity index (χ2v) is 6.50. The van der Waals surface area contributed by atoms with Crippen molar-refractivity contribution in [3.8, 4) is 0 Å². The number of nitrogens with one attached hydrogen (secondary N) is 1. The van der Waals surface area contributed by atoms with Crippen LogP contribution in [0.4, 0.5) is 0 Å². The van der Waals surface area contributed by atoms with Crippen molar-refractivity contribution in [1.82, 2.24) is 0 Å². The maximum Gasteiger partial charge on any atom is 0.314 e. The van der Waals surface area contributed by atoms with Gasteiger partial charge >= 0.3 is 5.17 Å². The third-order valence-corrected chi connectivity index (χ3v) is 5.36. The minimum absolute atomic E-state index is 0. The van der Waals surface area contributed by atoms with Gasteiger partial charge in [-0.15, -0.1) is 0 Å². The molecule has 0 amide bonds. The van der Waals surface area contributed by atoms with E-state index in [2.05, 4.69) is 31.9 Å². The SMILES string of the molecule is C[S+](C(=N)N)c1c(Br)cc(CO)cc1Br.[I-]. The molecule has 1 atom stereocenters. The molecule has 4 N–H and O–H groups in total. The van der Waals surface area contributed by atoms with Gasteiger partial charge in [-0.05, 0) is 49.6 Å². The molecule has 1 unspecified atom stereocenters. The average Bonchev–Trinajstić information content (AvgIpc) is 2.16. The Bertz CT molecular complexity index is 380. The van der Waals surface area contributed by atoms with E-state index in [9.17, 15) is 0 Å². The van der Waals surface area contributed by atoms with Gasteiger partial charge < -0.3 is 34.8 Å². The number of halogens is 3. The molecule has 0 fully saturated rings. The molecule has 90 valence electrons. The fraction of sp³-hybridized carbons (Fsp3) is 0.222. The first-order chi connectivity index (χ1) is 6.97. The normalized spacial score (nSPS) is 11.8. The van der Waals surface area contributed by atoms with Crippen molar-refractivity contribution in [2.24, 2.45) is 5.73 Å². The van der Waals surface area contributed by atoms with Crippen LogP contribution in [0, 0.1) is 5.41 Å². The zero-order valence-electron chi connectivity index (χ0n) is 8.43. The van der Waals surface area contributed by atoms with E-state index in [1.807, 2.05) is 18.4 Å². The summed E-state index contributed by atoms with van der Waals surface area (Å²) in [7, 11) is -0.433. The molecule has 0 aliphatic carbocycles. The largest absolute Gasteiger partial charge is 1.00 e. The number of hydrogen-bond acceptors (Lipinski definition) is 2. The summed E-state index contributed by atoms with van der Waals surface area (Å²) in [6.07, 6.45) is 1.89. The van der Waals surface area contributed by atoms with E-state index in [1.165, 1.54) is 0 Å². The number of hydrogen-bond donors (Lipinski definition) is 3. The van der Waals surface area contributed by atoms with Crippen LogP contribution in [-0.4, -0.2) is 16.5 Å². The predicted octanol–water partition coefficient (Wildman–Crippen LogP) is -0.792. The maximum absolute atomic E-state index is 9.02. The zero-order valence-corrected chi connectivity index (χ0v) is 14.6. The average molecular weight is 482 g/mol. The number of benzene rings is 1. The van der Waals surface area contributed by atoms with Crippen LogP contribution < -0.4 is 29.7 Å². The van der Waals surface area contributed by atoms with Crippen LogP contribution in [-0.2, 0) is 17.5 Å². The van der Waals surface area contributed by atoms with Crippen molar-refractivity contribution >= 4 is 47.9 Å². The van der Waals surface area contributed by atoms with Crippen LogP contribution in [0.5, 0.6) is 0 Å². The van der Waals surface area contributed by atoms with Gasteiger partial charge in [0.2, 0.25) is 0 Å². The van der Waals surface area contributed by atoms with Crippen molar-refractivity contribution in [3.63, 3.8) is 0 Å². The molecule has 3 nitrogen and oxygen atoms in total. The van der Waals surface area contributed by atoms with Crippen LogP contribution in [0.1, 0.15) is 5.56 Å². The molecule has 0 spiro atoms. The maximum atomic E-state index is 9.02. The minimum Gasteiger partial charge on any atom is -1.00 e. The van der Waals surface area contributed by atoms with Gasteiger partial charge in [0, 0.05) is 0 Å². The lowest BCUT2D eigenvalue weighted by Crippen LogP contribution is -3.00. The molecule has 0 aromatic heterocycles. The number of aliphatic hydroxyl groups is 1. The first-order valence-electron chi connectivity index (χ1n) is 4.06. The Morgan fingerprint density at radius 1 is 1.44 bits per heavy atom. The number of amidine groups is 1. The summed E-state index contributed by atoms with van der Waals surface area (Å²) in [6, 6.07) is 3.68. The molecule has 16 heavy (non-hydrogen) atoms. The summed E-state index contributed by atoms with van der Waals surface area (Å²) < 4.78 is 1.73. The van der Waals surface area contributed by atoms with Gasteiger partial charge in [-0.25, -0.2) is 5.41 Å². The van der Waals surface area contributed by atoms with E-state index in [-0.39, 0.29) is 35.8 Å². The first-order valence-corrected chi connectivity index (χ1v) is 7.28. The predicted molar refractivity (Wildman–Crippen MR) is 71.2 cm³/mol. The van der Waals surface area contributed by atoms with Crippen molar-refractivity contribution in [1.29, 1.82) is 5.41 Å². The first kappa shape index (κ1) is 16.7. The Kier molecular flexibility index (Phi) is 7.51. The van der Waals surface area contributed by atoms with Crippen molar-refractivity contribution in [2.75, 3.05) is 6.26 Å². The van der Waals surface area contributed by atoms with Gasteiger partial charge in [-0.1, -0.05) is 0 Å². The Morgan fingerprint density at radius 2 is 1.88 bits per heavy atom. The standard InChI is InChI=1S/C9H11Br2N2OS.HI/c1-15(9(12)13)8-6(10)2-5(4-14)3-7(8)11;/h2-3,14H,4H2,1H3,(H3,12,13);1H/q+1;/p-1. The highest BCUT2D eigenvalue weighted by atomic mass is 127. The molecule has 0 saturated carbocycles. The highest BCUT2D eigenvalue weighted by molar-refractivity contribution is 9.11. The molecule has 7 heteroatoms. The summed E-state index contributed by atoms with van der Waals surface area (Å²) in [5.74, 6) is 0. The molecular formula is C9H11Br2IN2OS. The third kappa shape index (κ3) is 3.86. The fourth-order valence-electron chi connectivity index (χ4n) is 1.11. The van der Waals surface area contributed by atoms with E-state index in [0.717, 1.165) is 19.4 Å². The monoisotopic (exact) mass is 480 g/mol. The molecule has 0 bridgehead atoms. The quantitative estimate of drug-likeness (QED) is 0.224. The van der Waals surface area contributed by atoms with Gasteiger partial charge in [-0.3, -0.25) is 0 Å². The molecule has 0 aliphatic heterocycles. The molecular weight excluding hydrogens is 471 g/mol. The number of aliphatic hydroxyl groups excluding tert-OH is 1. The van der Waals surface area contributed by atoms with Gasteiger partial charge in [0.25, 0.3) is 0 Å². The van der Waals surface area contributed by atoms with Crippen molar-refractivity contribution < 1.29 is 29.1 Å². The lowest BCUT2D eigenvalue weighted by atomic mass is 10.2. The summed E-state index contributed by atoms with van der Waals surface area (Å²) >= 11 is 6.84. The molecule has 0 heterocycles. The van der Waals surface area contributed by atoms with Crippen LogP contribution in [0.3, 0.4) is 0 Å². The fourth-order valence-corrected chi connectivity index (χ4v) is 4.77. The number of nitrogens with two attached hydrogens (primary N) is 1. The second-order valence-electron chi connectivity index (χ2n) is 2.92. The van der Waals surface area contributed by atoms with Gasteiger partial charge in [0.15, 0.2) is 4.90 Å². The lowest BCUT2D eigenvalue weighted by molar-refractivity contribution is -0.00000416. The summed E-state index contributed by atoms with van der Waals surface area (Å²) in [5, 5.41) is 16.6. The van der Waals surface area contributed by atoms with Gasteiger partial charge in [0.05, 0.1) is 26.4 Å². The molecule has 0 saturated heterocycles. The lowest BCUT2D eigenvalue weighted by Gasteiger charge is -2.06. The van der Waals surface area contributed by atoms with E-state index in [0.29, 0.717) is 0 Å². The molecule has 1 aromatic carbocycles. The Hall–Kier alpha value is 0.690. The molecule has 0 aliphatic rings. The highest BCUT2D eigenvalue weighted by Gasteiger charge is 2.26. The van der Waals surface area contributed by atoms with E-state index >= 15 is 0 Å². The van der Waals surface area contributed by atoms with Crippen LogP contribution in [0.2, 0.25) is 0 Å². The smallest absolute Gasteiger partial charge is 0.314 e. The van der Waals surface area contributed by atoms with E-state index in [1.54, 1.807) is 0 Å². The van der Waals surface area contributed by atoms with Crippen LogP contribution >= 0.6 is 31.9 Å². The summed E-state index contributed by atoms with van der Waals surface area (Å²) in [5.41, 5.74) is 6.30. The Morgan fingerprint density at radius 3 is 2.19 bits per heavy atom. The zero-order chi connectivity index (χ0) is 11.6. The van der Waals surface area contributed by atoms with Crippen molar-refractivity contribution in [3.05, 3.63) is 26.6 Å². The van der Waals surface area contributed by atoms with Crippen LogP contribution in [0.15, 0.2) is 26.0 Å². The van der Waals surface area contributed by atoms with Crippen molar-refractivity contribution in [2.45, 2.75) is 11.5 Å². The Labute approximate surface area is 131 Å². The summed E-state index contributed by atoms with van der Waals surface area (Å²) in [4.78, 5) is 0.958. The Balaban J connectivity index is 0.00000225. The highest BCUT2D eigenvalue weighted by Crippen LogP contribution is 2.32. The minimum atomic E-state index is -0.433. The summed E-state index contributed by atoms with van der Waals surface area (Å²) in [6.45, 7) is -0.00492. The van der Waals surface area contributed by atoms with Gasteiger partial charge in [0.1, 0.15) is 6.26 Å². The molecule has 0 radical (unpaired) electrons. The second kappa shape index (κ2) is 7.20. The number of rotatable bonds is 2. The van der Waals surface area contributed by atoms with Crippen LogP contribution in [0.25, 0.3) is 0 Å².